The first-order chi connectivity index (χ1) is 10.7. The van der Waals surface area contributed by atoms with Crippen molar-refractivity contribution in [1.29, 1.82) is 0 Å². The summed E-state index contributed by atoms with van der Waals surface area (Å²) in [6.45, 7) is 2.58. The van der Waals surface area contributed by atoms with Crippen LogP contribution in [0.15, 0.2) is 47.8 Å². The van der Waals surface area contributed by atoms with Gasteiger partial charge >= 0.3 is 0 Å². The van der Waals surface area contributed by atoms with E-state index < -0.39 is 0 Å². The molecule has 0 saturated heterocycles. The van der Waals surface area contributed by atoms with E-state index in [4.69, 9.17) is 16.3 Å². The van der Waals surface area contributed by atoms with Gasteiger partial charge in [0, 0.05) is 23.1 Å². The summed E-state index contributed by atoms with van der Waals surface area (Å²) in [5.41, 5.74) is 5.58. The Morgan fingerprint density at radius 1 is 1.09 bits per heavy atom. The molecule has 0 aliphatic carbocycles. The van der Waals surface area contributed by atoms with E-state index >= 15 is 0 Å². The molecule has 0 spiro atoms. The number of aromatic nitrogens is 1. The smallest absolute Gasteiger partial charge is 0.0901 e. The molecule has 1 heterocycles. The molecule has 0 aliphatic heterocycles. The van der Waals surface area contributed by atoms with E-state index in [1.165, 1.54) is 0 Å². The molecule has 0 fully saturated rings. The highest BCUT2D eigenvalue weighted by molar-refractivity contribution is 7.09. The third kappa shape index (κ3) is 3.22. The van der Waals surface area contributed by atoms with Crippen LogP contribution in [0, 0.1) is 6.92 Å². The molecule has 0 radical (unpaired) electrons. The highest BCUT2D eigenvalue weighted by Crippen LogP contribution is 2.30. The van der Waals surface area contributed by atoms with Gasteiger partial charge in [0.1, 0.15) is 0 Å². The molecule has 22 heavy (non-hydrogen) atoms. The minimum Gasteiger partial charge on any atom is -0.380 e. The Labute approximate surface area is 139 Å². The first-order valence-corrected chi connectivity index (χ1v) is 8.23. The van der Waals surface area contributed by atoms with Crippen molar-refractivity contribution in [2.45, 2.75) is 13.5 Å². The molecule has 0 N–H and O–H groups in total. The van der Waals surface area contributed by atoms with Crippen LogP contribution in [0.5, 0.6) is 0 Å². The van der Waals surface area contributed by atoms with Crippen LogP contribution in [-0.4, -0.2) is 12.1 Å². The number of hydrogen-bond acceptors (Lipinski definition) is 3. The number of thiazole rings is 1. The van der Waals surface area contributed by atoms with E-state index in [2.05, 4.69) is 28.6 Å². The lowest BCUT2D eigenvalue weighted by Crippen LogP contribution is -1.93. The van der Waals surface area contributed by atoms with E-state index in [0.29, 0.717) is 6.61 Å². The van der Waals surface area contributed by atoms with Crippen molar-refractivity contribution in [3.05, 3.63) is 63.4 Å². The number of rotatable bonds is 4. The standard InChI is InChI=1S/C18H16ClNOS/c1-12-20-18(11-22-12)14-5-8-17(15(9-14)10-21-2)13-3-6-16(19)7-4-13/h3-9,11H,10H2,1-2H3. The summed E-state index contributed by atoms with van der Waals surface area (Å²) in [4.78, 5) is 4.56. The van der Waals surface area contributed by atoms with E-state index in [0.717, 1.165) is 38.0 Å². The van der Waals surface area contributed by atoms with Gasteiger partial charge in [-0.2, -0.15) is 0 Å². The molecular weight excluding hydrogens is 314 g/mol. The van der Waals surface area contributed by atoms with Crippen molar-refractivity contribution in [1.82, 2.24) is 4.98 Å². The molecule has 0 saturated carbocycles. The van der Waals surface area contributed by atoms with E-state index in [1.807, 2.05) is 31.2 Å². The Hall–Kier alpha value is -1.68. The highest BCUT2D eigenvalue weighted by Gasteiger charge is 2.09. The SMILES string of the molecule is COCc1cc(-c2csc(C)n2)ccc1-c1ccc(Cl)cc1. The Balaban J connectivity index is 2.05. The predicted octanol–water partition coefficient (Wildman–Crippen LogP) is 5.59. The lowest BCUT2D eigenvalue weighted by molar-refractivity contribution is 0.185. The van der Waals surface area contributed by atoms with Crippen molar-refractivity contribution in [2.24, 2.45) is 0 Å². The van der Waals surface area contributed by atoms with Gasteiger partial charge in [-0.15, -0.1) is 11.3 Å². The largest absolute Gasteiger partial charge is 0.380 e. The highest BCUT2D eigenvalue weighted by atomic mass is 35.5. The number of aryl methyl sites for hydroxylation is 1. The first kappa shape index (κ1) is 15.2. The van der Waals surface area contributed by atoms with Crippen molar-refractivity contribution in [3.63, 3.8) is 0 Å². The summed E-state index contributed by atoms with van der Waals surface area (Å²) in [5, 5.41) is 3.90. The molecule has 112 valence electrons. The Morgan fingerprint density at radius 3 is 2.45 bits per heavy atom. The van der Waals surface area contributed by atoms with Gasteiger partial charge in [0.05, 0.1) is 17.3 Å². The Bertz CT molecular complexity index is 780. The molecule has 4 heteroatoms. The summed E-state index contributed by atoms with van der Waals surface area (Å²) in [6, 6.07) is 14.3. The number of ether oxygens (including phenoxy) is 1. The van der Waals surface area contributed by atoms with Crippen molar-refractivity contribution in [3.8, 4) is 22.4 Å². The van der Waals surface area contributed by atoms with Gasteiger partial charge in [0.25, 0.3) is 0 Å². The first-order valence-electron chi connectivity index (χ1n) is 6.97. The maximum Gasteiger partial charge on any atom is 0.0901 e. The fraction of sp³-hybridized carbons (Fsp3) is 0.167. The summed E-state index contributed by atoms with van der Waals surface area (Å²) >= 11 is 7.64. The topological polar surface area (TPSA) is 22.1 Å². The monoisotopic (exact) mass is 329 g/mol. The normalized spacial score (nSPS) is 10.9. The lowest BCUT2D eigenvalue weighted by atomic mass is 9.97. The number of benzene rings is 2. The Kier molecular flexibility index (Phi) is 4.57. The zero-order chi connectivity index (χ0) is 15.5. The molecule has 2 nitrogen and oxygen atoms in total. The molecule has 0 amide bonds. The van der Waals surface area contributed by atoms with Crippen LogP contribution in [0.25, 0.3) is 22.4 Å². The average molecular weight is 330 g/mol. The van der Waals surface area contributed by atoms with E-state index in [1.54, 1.807) is 18.4 Å². The molecule has 1 aromatic heterocycles. The van der Waals surface area contributed by atoms with Crippen LogP contribution in [-0.2, 0) is 11.3 Å². The zero-order valence-electron chi connectivity index (χ0n) is 12.5. The predicted molar refractivity (Wildman–Crippen MR) is 93.4 cm³/mol. The zero-order valence-corrected chi connectivity index (χ0v) is 14.0. The maximum absolute atomic E-state index is 5.98. The third-order valence-corrected chi connectivity index (χ3v) is 4.50. The summed E-state index contributed by atoms with van der Waals surface area (Å²) in [5.74, 6) is 0. The fourth-order valence-electron chi connectivity index (χ4n) is 2.44. The second-order valence-electron chi connectivity index (χ2n) is 5.06. The van der Waals surface area contributed by atoms with Crippen LogP contribution >= 0.6 is 22.9 Å². The quantitative estimate of drug-likeness (QED) is 0.623. The third-order valence-electron chi connectivity index (χ3n) is 3.48. The molecule has 0 unspecified atom stereocenters. The molecule has 0 atom stereocenters. The molecule has 3 rings (SSSR count). The molecule has 0 aliphatic rings. The maximum atomic E-state index is 5.98. The van der Waals surface area contributed by atoms with Gasteiger partial charge in [-0.3, -0.25) is 0 Å². The van der Waals surface area contributed by atoms with E-state index in [-0.39, 0.29) is 0 Å². The van der Waals surface area contributed by atoms with Crippen molar-refractivity contribution >= 4 is 22.9 Å². The average Bonchev–Trinajstić information content (AvgIpc) is 2.95. The minimum absolute atomic E-state index is 0.564. The summed E-state index contributed by atoms with van der Waals surface area (Å²) in [7, 11) is 1.71. The minimum atomic E-state index is 0.564. The molecule has 0 bridgehead atoms. The van der Waals surface area contributed by atoms with Gasteiger partial charge in [0.15, 0.2) is 0 Å². The molecular formula is C18H16ClNOS. The van der Waals surface area contributed by atoms with Crippen LogP contribution in [0.3, 0.4) is 0 Å². The van der Waals surface area contributed by atoms with E-state index in [9.17, 15) is 0 Å². The number of halogens is 1. The summed E-state index contributed by atoms with van der Waals surface area (Å²) < 4.78 is 5.37. The van der Waals surface area contributed by atoms with Crippen LogP contribution in [0.4, 0.5) is 0 Å². The van der Waals surface area contributed by atoms with Crippen LogP contribution in [0.2, 0.25) is 5.02 Å². The second kappa shape index (κ2) is 6.61. The van der Waals surface area contributed by atoms with Gasteiger partial charge in [0.2, 0.25) is 0 Å². The molecule has 3 aromatic rings. The summed E-state index contributed by atoms with van der Waals surface area (Å²) in [6.07, 6.45) is 0. The van der Waals surface area contributed by atoms with Gasteiger partial charge in [-0.25, -0.2) is 4.98 Å². The van der Waals surface area contributed by atoms with Gasteiger partial charge < -0.3 is 4.74 Å². The van der Waals surface area contributed by atoms with Crippen LogP contribution < -0.4 is 0 Å². The molecule has 2 aromatic carbocycles. The van der Waals surface area contributed by atoms with Gasteiger partial charge in [-0.1, -0.05) is 35.9 Å². The Morgan fingerprint density at radius 2 is 1.82 bits per heavy atom. The fourth-order valence-corrected chi connectivity index (χ4v) is 3.18. The number of nitrogens with zero attached hydrogens (tertiary/aromatic N) is 1. The number of hydrogen-bond donors (Lipinski definition) is 0. The number of methoxy groups -OCH3 is 1. The van der Waals surface area contributed by atoms with Crippen LogP contribution in [0.1, 0.15) is 10.6 Å². The van der Waals surface area contributed by atoms with Gasteiger partial charge in [-0.05, 0) is 41.8 Å². The lowest BCUT2D eigenvalue weighted by Gasteiger charge is -2.11. The van der Waals surface area contributed by atoms with Crippen molar-refractivity contribution in [2.75, 3.05) is 7.11 Å². The second-order valence-corrected chi connectivity index (χ2v) is 6.56. The van der Waals surface area contributed by atoms with Crippen molar-refractivity contribution < 1.29 is 4.74 Å².